The Hall–Kier alpha value is -1.46. The van der Waals surface area contributed by atoms with E-state index in [2.05, 4.69) is 5.32 Å². The van der Waals surface area contributed by atoms with Gasteiger partial charge >= 0.3 is 5.97 Å². The van der Waals surface area contributed by atoms with Gasteiger partial charge in [-0.3, -0.25) is 4.79 Å². The van der Waals surface area contributed by atoms with E-state index in [1.807, 2.05) is 0 Å². The molecule has 0 saturated carbocycles. The summed E-state index contributed by atoms with van der Waals surface area (Å²) in [5.74, 6) is -1.38. The molecule has 18 heavy (non-hydrogen) atoms. The van der Waals surface area contributed by atoms with Crippen LogP contribution in [0.1, 0.15) is 6.92 Å². The van der Waals surface area contributed by atoms with Crippen LogP contribution in [0.2, 0.25) is 10.0 Å². The van der Waals surface area contributed by atoms with Gasteiger partial charge in [0.1, 0.15) is 17.4 Å². The van der Waals surface area contributed by atoms with Crippen LogP contribution in [0, 0.1) is 0 Å². The van der Waals surface area contributed by atoms with E-state index < -0.39 is 17.9 Å². The van der Waals surface area contributed by atoms with Crippen LogP contribution in [-0.4, -0.2) is 29.6 Å². The highest BCUT2D eigenvalue weighted by atomic mass is 35.5. The van der Waals surface area contributed by atoms with Gasteiger partial charge in [-0.1, -0.05) is 29.3 Å². The van der Waals surface area contributed by atoms with Gasteiger partial charge in [0.2, 0.25) is 5.91 Å². The first-order valence-corrected chi connectivity index (χ1v) is 5.74. The van der Waals surface area contributed by atoms with Crippen molar-refractivity contribution < 1.29 is 19.4 Å². The Morgan fingerprint density at radius 2 is 2.11 bits per heavy atom. The highest BCUT2D eigenvalue weighted by Gasteiger charge is 2.19. The monoisotopic (exact) mass is 291 g/mol. The fraction of sp³-hybridized carbons (Fsp3) is 0.273. The Kier molecular flexibility index (Phi) is 5.25. The maximum atomic E-state index is 10.9. The third-order valence-corrected chi connectivity index (χ3v) is 2.80. The number of amides is 1. The molecule has 0 saturated heterocycles. The van der Waals surface area contributed by atoms with Crippen LogP contribution in [0.4, 0.5) is 0 Å². The van der Waals surface area contributed by atoms with Gasteiger partial charge in [0.05, 0.1) is 5.02 Å². The summed E-state index contributed by atoms with van der Waals surface area (Å²) >= 11 is 11.6. The lowest BCUT2D eigenvalue weighted by Crippen LogP contribution is -2.43. The van der Waals surface area contributed by atoms with Crippen molar-refractivity contribution in [3.05, 3.63) is 28.2 Å². The van der Waals surface area contributed by atoms with Gasteiger partial charge in [-0.2, -0.15) is 0 Å². The number of hydrogen-bond donors (Lipinski definition) is 2. The molecule has 0 aliphatic carbocycles. The van der Waals surface area contributed by atoms with E-state index in [4.69, 9.17) is 33.0 Å². The summed E-state index contributed by atoms with van der Waals surface area (Å²) in [5, 5.41) is 11.6. The molecule has 5 nitrogen and oxygen atoms in total. The molecule has 2 N–H and O–H groups in total. The van der Waals surface area contributed by atoms with E-state index in [1.165, 1.54) is 6.92 Å². The summed E-state index contributed by atoms with van der Waals surface area (Å²) in [6.45, 7) is 0.983. The summed E-state index contributed by atoms with van der Waals surface area (Å²) in [4.78, 5) is 21.7. The van der Waals surface area contributed by atoms with Crippen LogP contribution < -0.4 is 10.1 Å². The second kappa shape index (κ2) is 6.47. The van der Waals surface area contributed by atoms with E-state index in [1.54, 1.807) is 18.2 Å². The molecule has 0 spiro atoms. The molecule has 0 radical (unpaired) electrons. The number of halogens is 2. The second-order valence-electron chi connectivity index (χ2n) is 3.45. The topological polar surface area (TPSA) is 75.6 Å². The molecule has 1 aromatic carbocycles. The van der Waals surface area contributed by atoms with Crippen molar-refractivity contribution >= 4 is 35.1 Å². The van der Waals surface area contributed by atoms with Crippen molar-refractivity contribution in [2.75, 3.05) is 6.61 Å². The summed E-state index contributed by atoms with van der Waals surface area (Å²) in [5.41, 5.74) is 0. The van der Waals surface area contributed by atoms with E-state index in [9.17, 15) is 9.59 Å². The lowest BCUT2D eigenvalue weighted by atomic mass is 10.3. The van der Waals surface area contributed by atoms with Crippen molar-refractivity contribution in [3.63, 3.8) is 0 Å². The minimum atomic E-state index is -1.19. The third kappa shape index (κ3) is 4.09. The van der Waals surface area contributed by atoms with Crippen LogP contribution >= 0.6 is 23.2 Å². The maximum Gasteiger partial charge on any atom is 0.329 e. The molecule has 1 rings (SSSR count). The second-order valence-corrected chi connectivity index (χ2v) is 4.24. The molecule has 1 amide bonds. The average Bonchev–Trinajstić information content (AvgIpc) is 2.28. The van der Waals surface area contributed by atoms with Crippen molar-refractivity contribution in [2.45, 2.75) is 13.0 Å². The number of hydrogen-bond acceptors (Lipinski definition) is 3. The number of carbonyl (C=O) groups excluding carboxylic acids is 1. The molecule has 1 aromatic rings. The number of carboxylic acids is 1. The summed E-state index contributed by atoms with van der Waals surface area (Å²) in [6, 6.07) is 3.62. The van der Waals surface area contributed by atoms with Gasteiger partial charge in [0.15, 0.2) is 6.04 Å². The van der Waals surface area contributed by atoms with Gasteiger partial charge < -0.3 is 15.2 Å². The van der Waals surface area contributed by atoms with Gasteiger partial charge in [0, 0.05) is 6.92 Å². The lowest BCUT2D eigenvalue weighted by Gasteiger charge is -2.15. The van der Waals surface area contributed by atoms with Crippen molar-refractivity contribution in [1.82, 2.24) is 5.32 Å². The predicted octanol–water partition coefficient (Wildman–Crippen LogP) is 1.96. The molecule has 0 aliphatic heterocycles. The fourth-order valence-electron chi connectivity index (χ4n) is 1.19. The van der Waals surface area contributed by atoms with Crippen LogP contribution in [0.15, 0.2) is 18.2 Å². The summed E-state index contributed by atoms with van der Waals surface area (Å²) < 4.78 is 5.23. The number of rotatable bonds is 5. The SMILES string of the molecule is CC(=O)NC(COc1cccc(Cl)c1Cl)C(=O)O. The zero-order chi connectivity index (χ0) is 13.7. The molecule has 1 atom stereocenters. The molecule has 0 aromatic heterocycles. The molecule has 0 fully saturated rings. The number of aliphatic carboxylic acids is 1. The molecule has 0 heterocycles. The lowest BCUT2D eigenvalue weighted by molar-refractivity contribution is -0.142. The van der Waals surface area contributed by atoms with Crippen molar-refractivity contribution in [2.24, 2.45) is 0 Å². The first kappa shape index (κ1) is 14.6. The Morgan fingerprint density at radius 3 is 2.67 bits per heavy atom. The van der Waals surface area contributed by atoms with Crippen LogP contribution in [-0.2, 0) is 9.59 Å². The van der Waals surface area contributed by atoms with Gasteiger partial charge in [-0.05, 0) is 12.1 Å². The van der Waals surface area contributed by atoms with Gasteiger partial charge in [0.25, 0.3) is 0 Å². The largest absolute Gasteiger partial charge is 0.489 e. The minimum absolute atomic E-state index is 0.200. The summed E-state index contributed by atoms with van der Waals surface area (Å²) in [7, 11) is 0. The standard InChI is InChI=1S/C11H11Cl2NO4/c1-6(15)14-8(11(16)17)5-18-9-4-2-3-7(12)10(9)13/h2-4,8H,5H2,1H3,(H,14,15)(H,16,17). The summed E-state index contributed by atoms with van der Waals surface area (Å²) in [6.07, 6.45) is 0. The zero-order valence-corrected chi connectivity index (χ0v) is 11.0. The van der Waals surface area contributed by atoms with Crippen LogP contribution in [0.3, 0.4) is 0 Å². The number of ether oxygens (including phenoxy) is 1. The normalized spacial score (nSPS) is 11.7. The van der Waals surface area contributed by atoms with Crippen LogP contribution in [0.25, 0.3) is 0 Å². The number of carbonyl (C=O) groups is 2. The van der Waals surface area contributed by atoms with E-state index in [0.29, 0.717) is 5.02 Å². The Morgan fingerprint density at radius 1 is 1.44 bits per heavy atom. The first-order valence-electron chi connectivity index (χ1n) is 4.98. The highest BCUT2D eigenvalue weighted by molar-refractivity contribution is 6.42. The molecule has 7 heteroatoms. The van der Waals surface area contributed by atoms with E-state index in [0.717, 1.165) is 0 Å². The highest BCUT2D eigenvalue weighted by Crippen LogP contribution is 2.31. The van der Waals surface area contributed by atoms with Crippen LogP contribution in [0.5, 0.6) is 5.75 Å². The zero-order valence-electron chi connectivity index (χ0n) is 9.44. The molecular formula is C11H11Cl2NO4. The molecule has 98 valence electrons. The smallest absolute Gasteiger partial charge is 0.329 e. The predicted molar refractivity (Wildman–Crippen MR) is 67.2 cm³/mol. The third-order valence-electron chi connectivity index (χ3n) is 2.00. The first-order chi connectivity index (χ1) is 8.41. The maximum absolute atomic E-state index is 10.9. The van der Waals surface area contributed by atoms with Crippen molar-refractivity contribution in [3.8, 4) is 5.75 Å². The van der Waals surface area contributed by atoms with E-state index in [-0.39, 0.29) is 17.4 Å². The number of benzene rings is 1. The molecule has 0 aliphatic rings. The molecule has 1 unspecified atom stereocenters. The Balaban J connectivity index is 2.70. The fourth-order valence-corrected chi connectivity index (χ4v) is 1.54. The quantitative estimate of drug-likeness (QED) is 0.870. The average molecular weight is 292 g/mol. The number of carboxylic acid groups (broad SMARTS) is 1. The Bertz CT molecular complexity index is 464. The minimum Gasteiger partial charge on any atom is -0.489 e. The van der Waals surface area contributed by atoms with Gasteiger partial charge in [-0.25, -0.2) is 4.79 Å². The van der Waals surface area contributed by atoms with E-state index >= 15 is 0 Å². The number of nitrogens with one attached hydrogen (secondary N) is 1. The molecule has 0 bridgehead atoms. The van der Waals surface area contributed by atoms with Crippen molar-refractivity contribution in [1.29, 1.82) is 0 Å². The van der Waals surface area contributed by atoms with Gasteiger partial charge in [-0.15, -0.1) is 0 Å². The Labute approximate surface area is 114 Å². The molecular weight excluding hydrogens is 281 g/mol.